The fourth-order valence-electron chi connectivity index (χ4n) is 2.14. The summed E-state index contributed by atoms with van der Waals surface area (Å²) in [6.07, 6.45) is 1.54. The molecule has 0 spiro atoms. The highest BCUT2D eigenvalue weighted by Crippen LogP contribution is 2.26. The first-order chi connectivity index (χ1) is 10.0. The Morgan fingerprint density at radius 2 is 2.14 bits per heavy atom. The fraction of sp³-hybridized carbons (Fsp3) is 0.250. The number of pyridine rings is 1. The molecule has 1 unspecified atom stereocenters. The predicted molar refractivity (Wildman–Crippen MR) is 82.3 cm³/mol. The Hall–Kier alpha value is -2.56. The van der Waals surface area contributed by atoms with Gasteiger partial charge in [0.05, 0.1) is 18.8 Å². The van der Waals surface area contributed by atoms with Crippen molar-refractivity contribution < 1.29 is 9.53 Å². The molecule has 0 fully saturated rings. The number of hydrogen-bond acceptors (Lipinski definition) is 4. The number of nitrogens with zero attached hydrogens (tertiary/aromatic N) is 1. The lowest BCUT2D eigenvalue weighted by atomic mass is 10.0. The summed E-state index contributed by atoms with van der Waals surface area (Å²) in [5.41, 5.74) is 8.38. The first-order valence-corrected chi connectivity index (χ1v) is 6.69. The van der Waals surface area contributed by atoms with Crippen LogP contribution in [0.15, 0.2) is 36.5 Å². The molecule has 0 saturated heterocycles. The zero-order chi connectivity index (χ0) is 15.4. The van der Waals surface area contributed by atoms with Gasteiger partial charge in [0.15, 0.2) is 5.69 Å². The van der Waals surface area contributed by atoms with E-state index in [0.29, 0.717) is 5.69 Å². The van der Waals surface area contributed by atoms with Gasteiger partial charge >= 0.3 is 0 Å². The zero-order valence-corrected chi connectivity index (χ0v) is 12.4. The number of carbonyl (C=O) groups excluding carboxylic acids is 1. The highest BCUT2D eigenvalue weighted by Gasteiger charge is 2.17. The van der Waals surface area contributed by atoms with Crippen LogP contribution < -0.4 is 15.8 Å². The molecule has 5 heteroatoms. The van der Waals surface area contributed by atoms with Crippen molar-refractivity contribution in [3.63, 3.8) is 0 Å². The molecule has 2 rings (SSSR count). The van der Waals surface area contributed by atoms with Crippen molar-refractivity contribution in [1.82, 2.24) is 10.3 Å². The maximum absolute atomic E-state index is 12.2. The van der Waals surface area contributed by atoms with Crippen LogP contribution in [0.1, 0.15) is 34.6 Å². The third-order valence-electron chi connectivity index (χ3n) is 3.25. The second-order valence-electron chi connectivity index (χ2n) is 4.88. The smallest absolute Gasteiger partial charge is 0.272 e. The first-order valence-electron chi connectivity index (χ1n) is 6.69. The molecule has 1 aromatic heterocycles. The second kappa shape index (κ2) is 6.26. The van der Waals surface area contributed by atoms with Gasteiger partial charge in [-0.1, -0.05) is 17.7 Å². The van der Waals surface area contributed by atoms with Gasteiger partial charge in [0.25, 0.3) is 5.91 Å². The van der Waals surface area contributed by atoms with E-state index in [1.807, 2.05) is 32.0 Å². The molecule has 3 N–H and O–H groups in total. The van der Waals surface area contributed by atoms with Crippen molar-refractivity contribution in [2.45, 2.75) is 19.9 Å². The van der Waals surface area contributed by atoms with Crippen molar-refractivity contribution in [3.8, 4) is 5.75 Å². The van der Waals surface area contributed by atoms with E-state index in [1.54, 1.807) is 25.4 Å². The summed E-state index contributed by atoms with van der Waals surface area (Å²) >= 11 is 0. The van der Waals surface area contributed by atoms with Crippen molar-refractivity contribution in [3.05, 3.63) is 53.3 Å². The molecule has 1 amide bonds. The van der Waals surface area contributed by atoms with Crippen LogP contribution in [-0.2, 0) is 0 Å². The van der Waals surface area contributed by atoms with Crippen LogP contribution in [0.5, 0.6) is 5.75 Å². The standard InChI is InChI=1S/C16H19N3O2/c1-10-6-7-14(21-3)12(9-10)11(2)19-16(20)15-13(17)5-4-8-18-15/h4-9,11H,17H2,1-3H3,(H,19,20). The quantitative estimate of drug-likeness (QED) is 0.904. The summed E-state index contributed by atoms with van der Waals surface area (Å²) in [5.74, 6) is 0.437. The van der Waals surface area contributed by atoms with Crippen molar-refractivity contribution in [1.29, 1.82) is 0 Å². The van der Waals surface area contributed by atoms with Gasteiger partial charge in [-0.3, -0.25) is 4.79 Å². The second-order valence-corrected chi connectivity index (χ2v) is 4.88. The normalized spacial score (nSPS) is 11.8. The number of benzene rings is 1. The minimum atomic E-state index is -0.302. The van der Waals surface area contributed by atoms with Gasteiger partial charge < -0.3 is 15.8 Å². The number of nitrogen functional groups attached to an aromatic ring is 1. The van der Waals surface area contributed by atoms with E-state index in [4.69, 9.17) is 10.5 Å². The molecule has 5 nitrogen and oxygen atoms in total. The highest BCUT2D eigenvalue weighted by atomic mass is 16.5. The van der Waals surface area contributed by atoms with E-state index in [2.05, 4.69) is 10.3 Å². The maximum atomic E-state index is 12.2. The number of nitrogens with one attached hydrogen (secondary N) is 1. The van der Waals surface area contributed by atoms with Crippen molar-refractivity contribution >= 4 is 11.6 Å². The number of amides is 1. The van der Waals surface area contributed by atoms with Crippen LogP contribution in [0.2, 0.25) is 0 Å². The third kappa shape index (κ3) is 3.31. The average molecular weight is 285 g/mol. The minimum Gasteiger partial charge on any atom is -0.496 e. The molecule has 0 aliphatic heterocycles. The van der Waals surface area contributed by atoms with Gasteiger partial charge in [0.1, 0.15) is 5.75 Å². The van der Waals surface area contributed by atoms with Crippen LogP contribution in [-0.4, -0.2) is 18.0 Å². The van der Waals surface area contributed by atoms with Gasteiger partial charge in [-0.25, -0.2) is 4.98 Å². The van der Waals surface area contributed by atoms with Crippen molar-refractivity contribution in [2.24, 2.45) is 0 Å². The van der Waals surface area contributed by atoms with Crippen LogP contribution in [0.25, 0.3) is 0 Å². The van der Waals surface area contributed by atoms with Crippen molar-refractivity contribution in [2.75, 3.05) is 12.8 Å². The topological polar surface area (TPSA) is 77.2 Å². The van der Waals surface area contributed by atoms with Crippen LogP contribution in [0.3, 0.4) is 0 Å². The molecule has 110 valence electrons. The number of aryl methyl sites for hydroxylation is 1. The summed E-state index contributed by atoms with van der Waals surface area (Å²) in [5, 5.41) is 2.89. The fourth-order valence-corrected chi connectivity index (χ4v) is 2.14. The van der Waals surface area contributed by atoms with Gasteiger partial charge in [-0.05, 0) is 32.0 Å². The monoisotopic (exact) mass is 285 g/mol. The summed E-state index contributed by atoms with van der Waals surface area (Å²) in [6, 6.07) is 8.98. The van der Waals surface area contributed by atoms with E-state index in [9.17, 15) is 4.79 Å². The molecular formula is C16H19N3O2. The molecule has 1 atom stereocenters. The van der Waals surface area contributed by atoms with Crippen LogP contribution in [0.4, 0.5) is 5.69 Å². The molecule has 1 aromatic carbocycles. The molecule has 0 saturated carbocycles. The number of ether oxygens (including phenoxy) is 1. The maximum Gasteiger partial charge on any atom is 0.272 e. The molecule has 0 aliphatic rings. The molecular weight excluding hydrogens is 266 g/mol. The summed E-state index contributed by atoms with van der Waals surface area (Å²) in [6.45, 7) is 3.89. The van der Waals surface area contributed by atoms with Gasteiger partial charge in [-0.15, -0.1) is 0 Å². The Kier molecular flexibility index (Phi) is 4.42. The molecule has 0 bridgehead atoms. The molecule has 2 aromatic rings. The minimum absolute atomic E-state index is 0.214. The van der Waals surface area contributed by atoms with E-state index in [0.717, 1.165) is 16.9 Å². The number of aromatic nitrogens is 1. The largest absolute Gasteiger partial charge is 0.496 e. The number of rotatable bonds is 4. The Morgan fingerprint density at radius 1 is 1.38 bits per heavy atom. The first kappa shape index (κ1) is 14.8. The number of nitrogens with two attached hydrogens (primary N) is 1. The summed E-state index contributed by atoms with van der Waals surface area (Å²) in [7, 11) is 1.61. The van der Waals surface area contributed by atoms with E-state index in [1.165, 1.54) is 0 Å². The number of methoxy groups -OCH3 is 1. The lowest BCUT2D eigenvalue weighted by Gasteiger charge is -2.18. The average Bonchev–Trinajstić information content (AvgIpc) is 2.47. The van der Waals surface area contributed by atoms with Gasteiger partial charge in [-0.2, -0.15) is 0 Å². The van der Waals surface area contributed by atoms with Gasteiger partial charge in [0, 0.05) is 11.8 Å². The highest BCUT2D eigenvalue weighted by molar-refractivity contribution is 5.97. The summed E-state index contributed by atoms with van der Waals surface area (Å²) < 4.78 is 5.34. The number of anilines is 1. The molecule has 0 aliphatic carbocycles. The lowest BCUT2D eigenvalue weighted by molar-refractivity contribution is 0.0935. The predicted octanol–water partition coefficient (Wildman–Crippen LogP) is 2.47. The Bertz CT molecular complexity index is 656. The molecule has 1 heterocycles. The molecule has 0 radical (unpaired) electrons. The van der Waals surface area contributed by atoms with Crippen LogP contribution >= 0.6 is 0 Å². The van der Waals surface area contributed by atoms with E-state index < -0.39 is 0 Å². The Balaban J connectivity index is 2.22. The molecule has 21 heavy (non-hydrogen) atoms. The van der Waals surface area contributed by atoms with Crippen LogP contribution in [0, 0.1) is 6.92 Å². The number of carbonyl (C=O) groups is 1. The zero-order valence-electron chi connectivity index (χ0n) is 12.4. The Labute approximate surface area is 124 Å². The summed E-state index contributed by atoms with van der Waals surface area (Å²) in [4.78, 5) is 16.3. The third-order valence-corrected chi connectivity index (χ3v) is 3.25. The van der Waals surface area contributed by atoms with Gasteiger partial charge in [0.2, 0.25) is 0 Å². The van der Waals surface area contributed by atoms with E-state index in [-0.39, 0.29) is 17.6 Å². The van der Waals surface area contributed by atoms with E-state index >= 15 is 0 Å². The Morgan fingerprint density at radius 3 is 2.81 bits per heavy atom. The lowest BCUT2D eigenvalue weighted by Crippen LogP contribution is -2.28. The number of hydrogen-bond donors (Lipinski definition) is 2. The SMILES string of the molecule is COc1ccc(C)cc1C(C)NC(=O)c1ncccc1N.